The lowest BCUT2D eigenvalue weighted by molar-refractivity contribution is -0.143. The van der Waals surface area contributed by atoms with E-state index in [-0.39, 0.29) is 12.5 Å². The second kappa shape index (κ2) is 7.58. The molecule has 0 aliphatic rings. The number of esters is 1. The Balaban J connectivity index is 2.27. The maximum atomic E-state index is 12.7. The third-order valence-electron chi connectivity index (χ3n) is 3.54. The van der Waals surface area contributed by atoms with Gasteiger partial charge in [0.2, 0.25) is 0 Å². The molecule has 0 aliphatic carbocycles. The van der Waals surface area contributed by atoms with Crippen LogP contribution in [0.25, 0.3) is 11.1 Å². The summed E-state index contributed by atoms with van der Waals surface area (Å²) in [7, 11) is 1.60. The third kappa shape index (κ3) is 4.19. The lowest BCUT2D eigenvalue weighted by atomic mass is 9.98. The molecule has 1 amide bonds. The highest BCUT2D eigenvalue weighted by Gasteiger charge is 2.18. The zero-order valence-corrected chi connectivity index (χ0v) is 13.7. The largest absolute Gasteiger partial charge is 0.465 e. The molecule has 2 aromatic rings. The molecule has 0 fully saturated rings. The second-order valence-corrected chi connectivity index (χ2v) is 5.38. The summed E-state index contributed by atoms with van der Waals surface area (Å²) in [5.41, 5.74) is 3.57. The fourth-order valence-corrected chi connectivity index (χ4v) is 2.33. The number of rotatable bonds is 5. The van der Waals surface area contributed by atoms with E-state index in [4.69, 9.17) is 4.74 Å². The molecular weight excluding hydrogens is 290 g/mol. The van der Waals surface area contributed by atoms with E-state index in [0.29, 0.717) is 12.2 Å². The topological polar surface area (TPSA) is 46.6 Å². The number of hydrogen-bond donors (Lipinski definition) is 0. The van der Waals surface area contributed by atoms with Crippen LogP contribution in [-0.2, 0) is 9.53 Å². The maximum absolute atomic E-state index is 12.7. The molecule has 2 aromatic carbocycles. The number of carbonyl (C=O) groups excluding carboxylic acids is 2. The van der Waals surface area contributed by atoms with Gasteiger partial charge in [0.05, 0.1) is 6.61 Å². The summed E-state index contributed by atoms with van der Waals surface area (Å²) < 4.78 is 4.89. The maximum Gasteiger partial charge on any atom is 0.325 e. The molecule has 0 saturated carbocycles. The Morgan fingerprint density at radius 2 is 1.70 bits per heavy atom. The van der Waals surface area contributed by atoms with Crippen molar-refractivity contribution < 1.29 is 14.3 Å². The molecule has 0 atom stereocenters. The lowest BCUT2D eigenvalue weighted by Gasteiger charge is -2.18. The Labute approximate surface area is 136 Å². The summed E-state index contributed by atoms with van der Waals surface area (Å²) in [4.78, 5) is 25.6. The molecule has 0 N–H and O–H groups in total. The van der Waals surface area contributed by atoms with Gasteiger partial charge >= 0.3 is 5.97 Å². The minimum Gasteiger partial charge on any atom is -0.465 e. The molecule has 0 spiro atoms. The minimum absolute atomic E-state index is 0.0606. The summed E-state index contributed by atoms with van der Waals surface area (Å²) >= 11 is 0. The standard InChI is InChI=1S/C19H21NO3/c1-4-23-18(21)13-20(3)19(22)17-8-6-5-7-16(17)15-11-9-14(2)10-12-15/h5-12H,4,13H2,1-3H3. The van der Waals surface area contributed by atoms with Gasteiger partial charge in [0, 0.05) is 12.6 Å². The third-order valence-corrected chi connectivity index (χ3v) is 3.54. The molecule has 0 heterocycles. The zero-order chi connectivity index (χ0) is 16.8. The number of likely N-dealkylation sites (N-methyl/N-ethyl adjacent to an activating group) is 1. The van der Waals surface area contributed by atoms with Gasteiger partial charge in [0.1, 0.15) is 6.54 Å². The van der Waals surface area contributed by atoms with Crippen LogP contribution in [0.3, 0.4) is 0 Å². The summed E-state index contributed by atoms with van der Waals surface area (Å²) in [6.07, 6.45) is 0. The van der Waals surface area contributed by atoms with E-state index >= 15 is 0 Å². The average molecular weight is 311 g/mol. The highest BCUT2D eigenvalue weighted by atomic mass is 16.5. The van der Waals surface area contributed by atoms with E-state index in [1.807, 2.05) is 49.4 Å². The van der Waals surface area contributed by atoms with Crippen LogP contribution in [0.2, 0.25) is 0 Å². The van der Waals surface area contributed by atoms with E-state index in [1.165, 1.54) is 4.90 Å². The van der Waals surface area contributed by atoms with Crippen LogP contribution in [0, 0.1) is 6.92 Å². The molecule has 4 heteroatoms. The van der Waals surface area contributed by atoms with Crippen LogP contribution in [0.4, 0.5) is 0 Å². The second-order valence-electron chi connectivity index (χ2n) is 5.38. The first-order chi connectivity index (χ1) is 11.0. The normalized spacial score (nSPS) is 10.2. The first-order valence-corrected chi connectivity index (χ1v) is 7.60. The lowest BCUT2D eigenvalue weighted by Crippen LogP contribution is -2.33. The van der Waals surface area contributed by atoms with Gasteiger partial charge in [-0.2, -0.15) is 0 Å². The van der Waals surface area contributed by atoms with Crippen LogP contribution in [-0.4, -0.2) is 37.0 Å². The van der Waals surface area contributed by atoms with Crippen LogP contribution < -0.4 is 0 Å². The molecule has 120 valence electrons. The van der Waals surface area contributed by atoms with Crippen molar-refractivity contribution in [3.05, 3.63) is 59.7 Å². The number of amides is 1. The van der Waals surface area contributed by atoms with Gasteiger partial charge in [-0.15, -0.1) is 0 Å². The fourth-order valence-electron chi connectivity index (χ4n) is 2.33. The number of aryl methyl sites for hydroxylation is 1. The Bertz CT molecular complexity index is 692. The highest BCUT2D eigenvalue weighted by molar-refractivity contribution is 6.01. The Morgan fingerprint density at radius 1 is 1.04 bits per heavy atom. The van der Waals surface area contributed by atoms with Gasteiger partial charge in [0.15, 0.2) is 0 Å². The van der Waals surface area contributed by atoms with Crippen molar-refractivity contribution in [3.63, 3.8) is 0 Å². The van der Waals surface area contributed by atoms with Gasteiger partial charge in [-0.05, 0) is 31.0 Å². The van der Waals surface area contributed by atoms with E-state index in [9.17, 15) is 9.59 Å². The number of benzene rings is 2. The molecule has 0 aliphatic heterocycles. The smallest absolute Gasteiger partial charge is 0.325 e. The van der Waals surface area contributed by atoms with Crippen molar-refractivity contribution in [1.29, 1.82) is 0 Å². The van der Waals surface area contributed by atoms with E-state index in [1.54, 1.807) is 20.0 Å². The van der Waals surface area contributed by atoms with E-state index in [2.05, 4.69) is 0 Å². The summed E-state index contributed by atoms with van der Waals surface area (Å²) in [6.45, 7) is 4.01. The molecule has 0 aromatic heterocycles. The summed E-state index contributed by atoms with van der Waals surface area (Å²) in [5, 5.41) is 0. The van der Waals surface area contributed by atoms with Crippen molar-refractivity contribution in [2.24, 2.45) is 0 Å². The van der Waals surface area contributed by atoms with Crippen LogP contribution in [0.15, 0.2) is 48.5 Å². The van der Waals surface area contributed by atoms with Crippen LogP contribution in [0.5, 0.6) is 0 Å². The first-order valence-electron chi connectivity index (χ1n) is 7.60. The Kier molecular flexibility index (Phi) is 5.52. The molecule has 23 heavy (non-hydrogen) atoms. The van der Waals surface area contributed by atoms with Crippen LogP contribution in [0.1, 0.15) is 22.8 Å². The minimum atomic E-state index is -0.406. The van der Waals surface area contributed by atoms with Gasteiger partial charge in [-0.1, -0.05) is 48.0 Å². The predicted octanol–water partition coefficient (Wildman–Crippen LogP) is 3.30. The molecule has 0 radical (unpaired) electrons. The van der Waals surface area contributed by atoms with Crippen LogP contribution >= 0.6 is 0 Å². The quantitative estimate of drug-likeness (QED) is 0.796. The summed E-state index contributed by atoms with van der Waals surface area (Å²) in [6, 6.07) is 15.4. The van der Waals surface area contributed by atoms with Crippen molar-refractivity contribution in [3.8, 4) is 11.1 Å². The summed E-state index contributed by atoms with van der Waals surface area (Å²) in [5.74, 6) is -0.606. The molecule has 2 rings (SSSR count). The molecule has 4 nitrogen and oxygen atoms in total. The SMILES string of the molecule is CCOC(=O)CN(C)C(=O)c1ccccc1-c1ccc(C)cc1. The first kappa shape index (κ1) is 16.7. The van der Waals surface area contributed by atoms with Crippen molar-refractivity contribution in [2.75, 3.05) is 20.2 Å². The van der Waals surface area contributed by atoms with Crippen molar-refractivity contribution in [2.45, 2.75) is 13.8 Å². The monoisotopic (exact) mass is 311 g/mol. The van der Waals surface area contributed by atoms with Gasteiger partial charge < -0.3 is 9.64 Å². The molecule has 0 unspecified atom stereocenters. The fraction of sp³-hybridized carbons (Fsp3) is 0.263. The average Bonchev–Trinajstić information content (AvgIpc) is 2.55. The molecular formula is C19H21NO3. The number of hydrogen-bond acceptors (Lipinski definition) is 3. The molecule has 0 bridgehead atoms. The van der Waals surface area contributed by atoms with Crippen molar-refractivity contribution >= 4 is 11.9 Å². The number of ether oxygens (including phenoxy) is 1. The van der Waals surface area contributed by atoms with Crippen molar-refractivity contribution in [1.82, 2.24) is 4.90 Å². The van der Waals surface area contributed by atoms with Gasteiger partial charge in [-0.25, -0.2) is 0 Å². The Morgan fingerprint density at radius 3 is 2.35 bits per heavy atom. The molecule has 0 saturated heterocycles. The van der Waals surface area contributed by atoms with Gasteiger partial charge in [-0.3, -0.25) is 9.59 Å². The number of nitrogens with zero attached hydrogens (tertiary/aromatic N) is 1. The highest BCUT2D eigenvalue weighted by Crippen LogP contribution is 2.25. The van der Waals surface area contributed by atoms with E-state index < -0.39 is 5.97 Å². The number of carbonyl (C=O) groups is 2. The predicted molar refractivity (Wildman–Crippen MR) is 90.2 cm³/mol. The zero-order valence-electron chi connectivity index (χ0n) is 13.7. The van der Waals surface area contributed by atoms with Gasteiger partial charge in [0.25, 0.3) is 5.91 Å². The van der Waals surface area contributed by atoms with E-state index in [0.717, 1.165) is 16.7 Å². The Hall–Kier alpha value is -2.62.